The molecule has 0 saturated carbocycles. The quantitative estimate of drug-likeness (QED) is 0.638. The number of carbonyl (C=O) groups is 1. The van der Waals surface area contributed by atoms with Crippen LogP contribution in [0.25, 0.3) is 10.9 Å². The van der Waals surface area contributed by atoms with Crippen molar-refractivity contribution in [2.45, 2.75) is 13.0 Å². The number of rotatable bonds is 0. The number of nitrogens with zero attached hydrogens (tertiary/aromatic N) is 2. The number of fused-ring (bicyclic) bond motifs is 3. The molecule has 2 aromatic rings. The topological polar surface area (TPSA) is 25.2 Å². The van der Waals surface area contributed by atoms with Gasteiger partial charge in [0, 0.05) is 30.9 Å². The van der Waals surface area contributed by atoms with Crippen molar-refractivity contribution in [2.75, 3.05) is 11.9 Å². The van der Waals surface area contributed by atoms with Gasteiger partial charge in [-0.15, -0.1) is 0 Å². The molecule has 0 fully saturated rings. The van der Waals surface area contributed by atoms with E-state index in [1.165, 1.54) is 10.9 Å². The lowest BCUT2D eigenvalue weighted by Crippen LogP contribution is -2.33. The maximum atomic E-state index is 11.5. The third kappa shape index (κ3) is 1.09. The summed E-state index contributed by atoms with van der Waals surface area (Å²) >= 11 is 0. The van der Waals surface area contributed by atoms with Crippen LogP contribution in [0.2, 0.25) is 0 Å². The molecule has 0 spiro atoms. The Morgan fingerprint density at radius 1 is 1.27 bits per heavy atom. The van der Waals surface area contributed by atoms with Crippen LogP contribution in [0, 0.1) is 0 Å². The molecule has 0 bridgehead atoms. The Morgan fingerprint density at radius 3 is 2.93 bits per heavy atom. The standard InChI is InChI=1S/C12H12N2O/c1-13-11-8-9-4-2-3-5-10(9)14(11)7-6-12(13)15/h2-5,8H,6-7H2,1H3. The number of hydrogen-bond donors (Lipinski definition) is 0. The summed E-state index contributed by atoms with van der Waals surface area (Å²) in [5, 5.41) is 1.20. The number of carbonyl (C=O) groups excluding carboxylic acids is 1. The summed E-state index contributed by atoms with van der Waals surface area (Å²) in [5.41, 5.74) is 1.21. The Hall–Kier alpha value is -1.77. The van der Waals surface area contributed by atoms with Gasteiger partial charge in [-0.1, -0.05) is 18.2 Å². The van der Waals surface area contributed by atoms with E-state index in [9.17, 15) is 4.79 Å². The van der Waals surface area contributed by atoms with Crippen LogP contribution in [0.5, 0.6) is 0 Å². The van der Waals surface area contributed by atoms with E-state index in [4.69, 9.17) is 0 Å². The molecule has 1 aliphatic rings. The van der Waals surface area contributed by atoms with Crippen LogP contribution in [-0.4, -0.2) is 17.5 Å². The number of hydrogen-bond acceptors (Lipinski definition) is 1. The molecule has 1 aliphatic heterocycles. The van der Waals surface area contributed by atoms with Gasteiger partial charge in [0.25, 0.3) is 0 Å². The fraction of sp³-hybridized carbons (Fsp3) is 0.250. The molecule has 0 N–H and O–H groups in total. The van der Waals surface area contributed by atoms with Crippen LogP contribution >= 0.6 is 0 Å². The maximum absolute atomic E-state index is 11.5. The molecule has 0 saturated heterocycles. The highest BCUT2D eigenvalue weighted by atomic mass is 16.2. The van der Waals surface area contributed by atoms with Crippen molar-refractivity contribution in [2.24, 2.45) is 0 Å². The second-order valence-electron chi connectivity index (χ2n) is 3.92. The zero-order valence-corrected chi connectivity index (χ0v) is 8.60. The first-order valence-electron chi connectivity index (χ1n) is 5.12. The largest absolute Gasteiger partial charge is 0.327 e. The van der Waals surface area contributed by atoms with Gasteiger partial charge in [0.2, 0.25) is 5.91 Å². The van der Waals surface area contributed by atoms with Crippen LogP contribution < -0.4 is 4.90 Å². The lowest BCUT2D eigenvalue weighted by atomic mass is 10.2. The molecule has 0 radical (unpaired) electrons. The fourth-order valence-electron chi connectivity index (χ4n) is 2.21. The normalized spacial score (nSPS) is 15.8. The molecule has 1 aromatic heterocycles. The molecular weight excluding hydrogens is 188 g/mol. The summed E-state index contributed by atoms with van der Waals surface area (Å²) in [6.07, 6.45) is 0.599. The fourth-order valence-corrected chi connectivity index (χ4v) is 2.21. The number of aromatic nitrogens is 1. The smallest absolute Gasteiger partial charge is 0.229 e. The minimum atomic E-state index is 0.199. The van der Waals surface area contributed by atoms with Crippen molar-refractivity contribution in [1.82, 2.24) is 4.57 Å². The van der Waals surface area contributed by atoms with E-state index < -0.39 is 0 Å². The monoisotopic (exact) mass is 200 g/mol. The Morgan fingerprint density at radius 2 is 2.07 bits per heavy atom. The molecular formula is C12H12N2O. The molecule has 0 atom stereocenters. The van der Waals surface area contributed by atoms with E-state index in [0.29, 0.717) is 6.42 Å². The van der Waals surface area contributed by atoms with Gasteiger partial charge in [-0.3, -0.25) is 4.79 Å². The molecule has 1 aromatic carbocycles. The lowest BCUT2D eigenvalue weighted by Gasteiger charge is -2.25. The van der Waals surface area contributed by atoms with Crippen LogP contribution in [0.1, 0.15) is 6.42 Å². The SMILES string of the molecule is CN1C(=O)CCn2c1cc1ccccc12. The van der Waals surface area contributed by atoms with Crippen molar-refractivity contribution in [3.8, 4) is 0 Å². The van der Waals surface area contributed by atoms with E-state index in [1.54, 1.807) is 4.90 Å². The van der Waals surface area contributed by atoms with Gasteiger partial charge in [0.1, 0.15) is 5.82 Å². The van der Waals surface area contributed by atoms with Crippen LogP contribution in [-0.2, 0) is 11.3 Å². The minimum Gasteiger partial charge on any atom is -0.327 e. The lowest BCUT2D eigenvalue weighted by molar-refractivity contribution is -0.119. The Kier molecular flexibility index (Phi) is 1.63. The van der Waals surface area contributed by atoms with Gasteiger partial charge in [0.05, 0.1) is 0 Å². The van der Waals surface area contributed by atoms with Gasteiger partial charge in [0.15, 0.2) is 0 Å². The van der Waals surface area contributed by atoms with E-state index in [1.807, 2.05) is 19.2 Å². The summed E-state index contributed by atoms with van der Waals surface area (Å²) in [6.45, 7) is 0.798. The summed E-state index contributed by atoms with van der Waals surface area (Å²) in [6, 6.07) is 10.3. The number of anilines is 1. The molecule has 2 heterocycles. The van der Waals surface area contributed by atoms with Gasteiger partial charge in [-0.05, 0) is 12.1 Å². The summed E-state index contributed by atoms with van der Waals surface area (Å²) in [4.78, 5) is 13.3. The van der Waals surface area contributed by atoms with Gasteiger partial charge in [-0.2, -0.15) is 0 Å². The molecule has 3 rings (SSSR count). The van der Waals surface area contributed by atoms with Crippen molar-refractivity contribution >= 4 is 22.6 Å². The predicted molar refractivity (Wildman–Crippen MR) is 60.0 cm³/mol. The van der Waals surface area contributed by atoms with Crippen LogP contribution in [0.4, 0.5) is 5.82 Å². The summed E-state index contributed by atoms with van der Waals surface area (Å²) < 4.78 is 2.21. The number of para-hydroxylation sites is 1. The van der Waals surface area contributed by atoms with Crippen LogP contribution in [0.15, 0.2) is 30.3 Å². The van der Waals surface area contributed by atoms with E-state index in [-0.39, 0.29) is 5.91 Å². The zero-order valence-electron chi connectivity index (χ0n) is 8.60. The highest BCUT2D eigenvalue weighted by Gasteiger charge is 2.22. The molecule has 0 aliphatic carbocycles. The van der Waals surface area contributed by atoms with Crippen molar-refractivity contribution in [1.29, 1.82) is 0 Å². The summed E-state index contributed by atoms with van der Waals surface area (Å²) in [5.74, 6) is 1.21. The summed E-state index contributed by atoms with van der Waals surface area (Å²) in [7, 11) is 1.84. The van der Waals surface area contributed by atoms with E-state index >= 15 is 0 Å². The number of amides is 1. The molecule has 1 amide bonds. The van der Waals surface area contributed by atoms with Gasteiger partial charge in [-0.25, -0.2) is 0 Å². The average molecular weight is 200 g/mol. The van der Waals surface area contributed by atoms with Crippen LogP contribution in [0.3, 0.4) is 0 Å². The molecule has 0 unspecified atom stereocenters. The zero-order chi connectivity index (χ0) is 10.4. The third-order valence-electron chi connectivity index (χ3n) is 3.06. The van der Waals surface area contributed by atoms with Crippen molar-refractivity contribution in [3.63, 3.8) is 0 Å². The highest BCUT2D eigenvalue weighted by molar-refractivity contribution is 5.97. The predicted octanol–water partition coefficient (Wildman–Crippen LogP) is 2.01. The highest BCUT2D eigenvalue weighted by Crippen LogP contribution is 2.29. The maximum Gasteiger partial charge on any atom is 0.229 e. The Bertz CT molecular complexity index is 542. The van der Waals surface area contributed by atoms with Crippen molar-refractivity contribution in [3.05, 3.63) is 30.3 Å². The Labute approximate surface area is 87.9 Å². The van der Waals surface area contributed by atoms with Gasteiger partial charge >= 0.3 is 0 Å². The molecule has 3 heteroatoms. The average Bonchev–Trinajstić information content (AvgIpc) is 2.63. The number of aryl methyl sites for hydroxylation is 1. The van der Waals surface area contributed by atoms with E-state index in [0.717, 1.165) is 12.4 Å². The second kappa shape index (κ2) is 2.86. The molecule has 76 valence electrons. The molecule has 15 heavy (non-hydrogen) atoms. The Balaban J connectivity index is 2.31. The molecule has 3 nitrogen and oxygen atoms in total. The number of benzene rings is 1. The second-order valence-corrected chi connectivity index (χ2v) is 3.92. The van der Waals surface area contributed by atoms with Crippen molar-refractivity contribution < 1.29 is 4.79 Å². The first-order valence-corrected chi connectivity index (χ1v) is 5.12. The van der Waals surface area contributed by atoms with E-state index in [2.05, 4.69) is 22.8 Å². The first-order chi connectivity index (χ1) is 7.27. The first kappa shape index (κ1) is 8.53. The van der Waals surface area contributed by atoms with Gasteiger partial charge < -0.3 is 9.47 Å². The minimum absolute atomic E-state index is 0.199. The third-order valence-corrected chi connectivity index (χ3v) is 3.06.